The number of nitrogens with zero attached hydrogens (tertiary/aromatic N) is 1. The third-order valence-corrected chi connectivity index (χ3v) is 8.57. The molecule has 10 heteroatoms. The smallest absolute Gasteiger partial charge is 0.306 e. The van der Waals surface area contributed by atoms with Crippen LogP contribution >= 0.6 is 0 Å². The molecule has 3 aromatic rings. The lowest BCUT2D eigenvalue weighted by Crippen LogP contribution is -2.55. The second kappa shape index (κ2) is 15.8. The summed E-state index contributed by atoms with van der Waals surface area (Å²) >= 11 is 0. The number of hydrazine groups is 1. The first-order valence-corrected chi connectivity index (χ1v) is 16.8. The second-order valence-corrected chi connectivity index (χ2v) is 13.5. The zero-order valence-corrected chi connectivity index (χ0v) is 28.0. The minimum Gasteiger partial charge on any atom is -0.494 e. The zero-order chi connectivity index (χ0) is 34.1. The Balaban J connectivity index is 1.49. The van der Waals surface area contributed by atoms with Gasteiger partial charge in [-0.1, -0.05) is 54.6 Å². The number of hydrogen-bond acceptors (Lipinski definition) is 9. The van der Waals surface area contributed by atoms with Crippen molar-refractivity contribution in [1.29, 1.82) is 0 Å². The van der Waals surface area contributed by atoms with Gasteiger partial charge in [0.15, 0.2) is 11.6 Å². The molecule has 1 heterocycles. The summed E-state index contributed by atoms with van der Waals surface area (Å²) in [6.07, 6.45) is 2.05. The number of hydrogen-bond donors (Lipinski definition) is 4. The van der Waals surface area contributed by atoms with Crippen molar-refractivity contribution in [2.45, 2.75) is 95.1 Å². The fraction of sp³-hybridized carbons (Fsp3) is 0.447. The third kappa shape index (κ3) is 9.00. The average Bonchev–Trinajstić information content (AvgIpc) is 3.48. The highest BCUT2D eigenvalue weighted by atomic mass is 16.6. The van der Waals surface area contributed by atoms with Gasteiger partial charge in [-0.3, -0.25) is 15.0 Å². The molecule has 256 valence electrons. The van der Waals surface area contributed by atoms with Gasteiger partial charge in [-0.2, -0.15) is 0 Å². The van der Waals surface area contributed by atoms with E-state index in [1.165, 1.54) is 0 Å². The predicted molar refractivity (Wildman–Crippen MR) is 183 cm³/mol. The van der Waals surface area contributed by atoms with Crippen molar-refractivity contribution in [2.24, 2.45) is 4.99 Å². The van der Waals surface area contributed by atoms with E-state index in [4.69, 9.17) is 24.3 Å². The van der Waals surface area contributed by atoms with E-state index in [-0.39, 0.29) is 37.5 Å². The Morgan fingerprint density at radius 2 is 1.56 bits per heavy atom. The van der Waals surface area contributed by atoms with Crippen molar-refractivity contribution in [1.82, 2.24) is 10.9 Å². The molecule has 1 fully saturated rings. The topological polar surface area (TPSA) is 139 Å². The number of carbonyl (C=O) groups is 2. The summed E-state index contributed by atoms with van der Waals surface area (Å²) in [5, 5.41) is 19.1. The lowest BCUT2D eigenvalue weighted by Gasteiger charge is -2.32. The second-order valence-electron chi connectivity index (χ2n) is 13.5. The number of aliphatic imine (C=N–C) groups is 1. The van der Waals surface area contributed by atoms with Crippen LogP contribution in [0.5, 0.6) is 5.75 Å². The summed E-state index contributed by atoms with van der Waals surface area (Å²) in [7, 11) is 0. The number of rotatable bonds is 13. The van der Waals surface area contributed by atoms with Crippen LogP contribution in [0.15, 0.2) is 83.9 Å². The molecule has 0 spiro atoms. The Hall–Kier alpha value is -4.25. The molecule has 0 unspecified atom stereocenters. The number of benzene rings is 3. The van der Waals surface area contributed by atoms with E-state index in [9.17, 15) is 14.7 Å². The van der Waals surface area contributed by atoms with Gasteiger partial charge in [0, 0.05) is 31.1 Å². The molecule has 4 N–H and O–H groups in total. The SMILES string of the molecule is CC(C)(C)OC(=O)CC[C@]1(C(=O)NNC2CCC(O)CC2)N=C(c2ccc(OCCCO)cc2)O[C@H]1c1ccc(-c2ccccc2)cc1. The fourth-order valence-corrected chi connectivity index (χ4v) is 6.03. The van der Waals surface area contributed by atoms with Crippen molar-refractivity contribution in [3.05, 3.63) is 90.0 Å². The summed E-state index contributed by atoms with van der Waals surface area (Å²) < 4.78 is 17.9. The van der Waals surface area contributed by atoms with Gasteiger partial charge in [-0.25, -0.2) is 10.4 Å². The highest BCUT2D eigenvalue weighted by Crippen LogP contribution is 2.44. The maximum absolute atomic E-state index is 14.4. The van der Waals surface area contributed by atoms with Crippen molar-refractivity contribution < 1.29 is 34.0 Å². The molecule has 10 nitrogen and oxygen atoms in total. The van der Waals surface area contributed by atoms with Crippen LogP contribution in [0, 0.1) is 0 Å². The number of aliphatic hydroxyl groups excluding tert-OH is 2. The van der Waals surface area contributed by atoms with Gasteiger partial charge >= 0.3 is 5.97 Å². The summed E-state index contributed by atoms with van der Waals surface area (Å²) in [6.45, 7) is 5.85. The average molecular weight is 658 g/mol. The van der Waals surface area contributed by atoms with Gasteiger partial charge in [0.1, 0.15) is 11.4 Å². The van der Waals surface area contributed by atoms with E-state index in [2.05, 4.69) is 10.9 Å². The molecule has 1 amide bonds. The summed E-state index contributed by atoms with van der Waals surface area (Å²) in [4.78, 5) is 32.5. The Morgan fingerprint density at radius 3 is 2.21 bits per heavy atom. The summed E-state index contributed by atoms with van der Waals surface area (Å²) in [6, 6.07) is 25.1. The molecule has 48 heavy (non-hydrogen) atoms. The molecule has 0 radical (unpaired) electrons. The Kier molecular flexibility index (Phi) is 11.5. The monoisotopic (exact) mass is 657 g/mol. The molecule has 2 atom stereocenters. The third-order valence-electron chi connectivity index (χ3n) is 8.57. The van der Waals surface area contributed by atoms with Crippen molar-refractivity contribution >= 4 is 17.8 Å². The van der Waals surface area contributed by atoms with Gasteiger partial charge in [0.2, 0.25) is 5.90 Å². The van der Waals surface area contributed by atoms with Gasteiger partial charge in [0.25, 0.3) is 5.91 Å². The van der Waals surface area contributed by atoms with Gasteiger partial charge in [-0.05, 0) is 93.8 Å². The standard InChI is InChI=1S/C38H47N3O7/c1-37(2,3)48-33(44)22-23-38(36(45)41-40-30-16-18-31(43)19-17-30)34(28-12-10-27(11-13-28)26-8-5-4-6-9-26)47-35(39-38)29-14-20-32(21-15-29)46-25-7-24-42/h4-6,8-15,20-21,30-31,34,40,42-43H,7,16-19,22-25H2,1-3H3,(H,41,45)/t30?,31?,34-,38-/m0/s1. The minimum atomic E-state index is -1.52. The Bertz CT molecular complexity index is 1530. The van der Waals surface area contributed by atoms with E-state index in [0.29, 0.717) is 50.0 Å². The molecule has 0 saturated heterocycles. The minimum absolute atomic E-state index is 0.00647. The van der Waals surface area contributed by atoms with Crippen molar-refractivity contribution in [3.63, 3.8) is 0 Å². The number of esters is 1. The van der Waals surface area contributed by atoms with E-state index < -0.39 is 29.1 Å². The molecule has 1 aliphatic heterocycles. The van der Waals surface area contributed by atoms with E-state index in [1.54, 1.807) is 12.1 Å². The highest BCUT2D eigenvalue weighted by Gasteiger charge is 2.53. The van der Waals surface area contributed by atoms with Crippen LogP contribution in [-0.4, -0.2) is 64.5 Å². The molecule has 0 aromatic heterocycles. The number of carbonyl (C=O) groups excluding carboxylic acids is 2. The van der Waals surface area contributed by atoms with Crippen LogP contribution in [0.2, 0.25) is 0 Å². The zero-order valence-electron chi connectivity index (χ0n) is 28.0. The van der Waals surface area contributed by atoms with E-state index in [0.717, 1.165) is 16.7 Å². The van der Waals surface area contributed by atoms with Crippen LogP contribution in [0.4, 0.5) is 0 Å². The highest BCUT2D eigenvalue weighted by molar-refractivity contribution is 6.01. The fourth-order valence-electron chi connectivity index (χ4n) is 6.03. The lowest BCUT2D eigenvalue weighted by molar-refractivity contribution is -0.155. The van der Waals surface area contributed by atoms with Crippen molar-refractivity contribution in [2.75, 3.05) is 13.2 Å². The van der Waals surface area contributed by atoms with Gasteiger partial charge in [0.05, 0.1) is 12.7 Å². The number of aliphatic hydroxyl groups is 2. The normalized spacial score (nSPS) is 22.4. The molecule has 1 aliphatic carbocycles. The lowest BCUT2D eigenvalue weighted by atomic mass is 9.83. The Labute approximate surface area is 282 Å². The van der Waals surface area contributed by atoms with Crippen LogP contribution in [0.25, 0.3) is 11.1 Å². The maximum Gasteiger partial charge on any atom is 0.306 e. The molecule has 3 aromatic carbocycles. The van der Waals surface area contributed by atoms with Crippen LogP contribution < -0.4 is 15.6 Å². The quantitative estimate of drug-likeness (QED) is 0.109. The number of ether oxygens (including phenoxy) is 3. The van der Waals surface area contributed by atoms with Gasteiger partial charge in [-0.15, -0.1) is 0 Å². The summed E-state index contributed by atoms with van der Waals surface area (Å²) in [5.41, 5.74) is 7.35. The molecular weight excluding hydrogens is 610 g/mol. The number of nitrogens with one attached hydrogen (secondary N) is 2. The van der Waals surface area contributed by atoms with E-state index in [1.807, 2.05) is 87.5 Å². The van der Waals surface area contributed by atoms with Crippen LogP contribution in [0.1, 0.15) is 82.9 Å². The molecule has 0 bridgehead atoms. The predicted octanol–water partition coefficient (Wildman–Crippen LogP) is 5.42. The number of amides is 1. The first-order valence-electron chi connectivity index (χ1n) is 16.8. The first-order chi connectivity index (χ1) is 23.1. The largest absolute Gasteiger partial charge is 0.494 e. The molecular formula is C38H47N3O7. The Morgan fingerprint density at radius 1 is 0.917 bits per heavy atom. The molecule has 2 aliphatic rings. The van der Waals surface area contributed by atoms with Crippen LogP contribution in [0.3, 0.4) is 0 Å². The summed E-state index contributed by atoms with van der Waals surface area (Å²) in [5.74, 6) is 0.0483. The van der Waals surface area contributed by atoms with Gasteiger partial charge < -0.3 is 24.4 Å². The van der Waals surface area contributed by atoms with E-state index >= 15 is 0 Å². The van der Waals surface area contributed by atoms with Crippen molar-refractivity contribution in [3.8, 4) is 16.9 Å². The molecule has 1 saturated carbocycles. The van der Waals surface area contributed by atoms with Crippen LogP contribution in [-0.2, 0) is 19.1 Å². The maximum atomic E-state index is 14.4. The first kappa shape index (κ1) is 35.1. The molecule has 5 rings (SSSR count).